The highest BCUT2D eigenvalue weighted by molar-refractivity contribution is 7.89. The van der Waals surface area contributed by atoms with Crippen LogP contribution in [0.2, 0.25) is 0 Å². The van der Waals surface area contributed by atoms with Crippen molar-refractivity contribution in [1.29, 1.82) is 5.26 Å². The van der Waals surface area contributed by atoms with Gasteiger partial charge in [-0.05, 0) is 56.4 Å². The topological polar surface area (TPSA) is 81.4 Å². The second kappa shape index (κ2) is 6.83. The molecule has 3 atom stereocenters. The van der Waals surface area contributed by atoms with Gasteiger partial charge in [0.25, 0.3) is 0 Å². The summed E-state index contributed by atoms with van der Waals surface area (Å²) in [5.74, 6) is 0.0375. The zero-order valence-corrected chi connectivity index (χ0v) is 14.8. The molecule has 0 amide bonds. The number of aliphatic hydroxyl groups is 1. The van der Waals surface area contributed by atoms with Crippen molar-refractivity contribution >= 4 is 10.0 Å². The second-order valence-corrected chi connectivity index (χ2v) is 8.82. The first-order valence-electron chi connectivity index (χ1n) is 8.66. The van der Waals surface area contributed by atoms with E-state index in [0.717, 1.165) is 38.5 Å². The lowest BCUT2D eigenvalue weighted by atomic mass is 9.81. The molecule has 1 heterocycles. The number of aryl methyl sites for hydroxylation is 1. The molecule has 1 saturated heterocycles. The lowest BCUT2D eigenvalue weighted by molar-refractivity contribution is 0.0386. The first-order chi connectivity index (χ1) is 11.4. The Morgan fingerprint density at radius 1 is 1.21 bits per heavy atom. The van der Waals surface area contributed by atoms with Gasteiger partial charge >= 0.3 is 0 Å². The van der Waals surface area contributed by atoms with Gasteiger partial charge in [0.2, 0.25) is 10.0 Å². The number of nitriles is 1. The van der Waals surface area contributed by atoms with E-state index in [1.807, 2.05) is 0 Å². The molecule has 0 spiro atoms. The van der Waals surface area contributed by atoms with Crippen LogP contribution in [0.1, 0.15) is 49.7 Å². The summed E-state index contributed by atoms with van der Waals surface area (Å²) < 4.78 is 27.8. The molecule has 24 heavy (non-hydrogen) atoms. The molecule has 1 aliphatic carbocycles. The molecule has 1 saturated carbocycles. The van der Waals surface area contributed by atoms with Gasteiger partial charge in [0, 0.05) is 18.5 Å². The van der Waals surface area contributed by atoms with Crippen LogP contribution in [-0.4, -0.2) is 36.5 Å². The Hall–Kier alpha value is -1.42. The Balaban J connectivity index is 1.91. The Kier molecular flexibility index (Phi) is 4.95. The molecule has 6 heteroatoms. The fourth-order valence-corrected chi connectivity index (χ4v) is 5.96. The van der Waals surface area contributed by atoms with E-state index in [9.17, 15) is 13.5 Å². The molecule has 0 aromatic heterocycles. The van der Waals surface area contributed by atoms with E-state index in [2.05, 4.69) is 6.07 Å². The lowest BCUT2D eigenvalue weighted by Crippen LogP contribution is -2.45. The number of hydrogen-bond acceptors (Lipinski definition) is 4. The Labute approximate surface area is 144 Å². The summed E-state index contributed by atoms with van der Waals surface area (Å²) in [6.45, 7) is 2.26. The molecule has 2 fully saturated rings. The van der Waals surface area contributed by atoms with Gasteiger partial charge in [0.1, 0.15) is 0 Å². The van der Waals surface area contributed by atoms with Crippen LogP contribution >= 0.6 is 0 Å². The maximum Gasteiger partial charge on any atom is 0.243 e. The highest BCUT2D eigenvalue weighted by atomic mass is 32.2. The molecule has 1 aliphatic heterocycles. The number of aliphatic hydroxyl groups excluding tert-OH is 1. The van der Waals surface area contributed by atoms with Crippen LogP contribution in [-0.2, 0) is 10.0 Å². The Morgan fingerprint density at radius 2 is 1.96 bits per heavy atom. The van der Waals surface area contributed by atoms with E-state index in [0.29, 0.717) is 17.7 Å². The molecule has 1 N–H and O–H groups in total. The average molecular weight is 348 g/mol. The smallest absolute Gasteiger partial charge is 0.243 e. The predicted octanol–water partition coefficient (Wildman–Crippen LogP) is 2.57. The minimum atomic E-state index is -3.60. The average Bonchev–Trinajstić information content (AvgIpc) is 3.05. The molecule has 130 valence electrons. The summed E-state index contributed by atoms with van der Waals surface area (Å²) >= 11 is 0. The summed E-state index contributed by atoms with van der Waals surface area (Å²) in [7, 11) is -3.60. The minimum absolute atomic E-state index is 0.0375. The quantitative estimate of drug-likeness (QED) is 0.910. The largest absolute Gasteiger partial charge is 0.393 e. The summed E-state index contributed by atoms with van der Waals surface area (Å²) in [5, 5.41) is 19.4. The molecule has 0 radical (unpaired) electrons. The van der Waals surface area contributed by atoms with Crippen LogP contribution in [0.4, 0.5) is 0 Å². The summed E-state index contributed by atoms with van der Waals surface area (Å²) in [6, 6.07) is 6.64. The van der Waals surface area contributed by atoms with E-state index in [1.165, 1.54) is 6.07 Å². The van der Waals surface area contributed by atoms with Gasteiger partial charge in [0.05, 0.1) is 22.6 Å². The fraction of sp³-hybridized carbons (Fsp3) is 0.611. The van der Waals surface area contributed by atoms with Crippen molar-refractivity contribution in [2.75, 3.05) is 6.54 Å². The first kappa shape index (κ1) is 17.4. The van der Waals surface area contributed by atoms with Gasteiger partial charge in [-0.3, -0.25) is 0 Å². The zero-order valence-electron chi connectivity index (χ0n) is 14.0. The van der Waals surface area contributed by atoms with Gasteiger partial charge in [-0.2, -0.15) is 9.57 Å². The SMILES string of the molecule is Cc1cc(S(=O)(=O)N2CCC[C@@H]2[C@H]2CCCC[C@H]2O)ccc1C#N. The number of sulfonamides is 1. The van der Waals surface area contributed by atoms with Crippen molar-refractivity contribution < 1.29 is 13.5 Å². The molecule has 5 nitrogen and oxygen atoms in total. The van der Waals surface area contributed by atoms with E-state index < -0.39 is 16.1 Å². The van der Waals surface area contributed by atoms with Gasteiger partial charge in [0.15, 0.2) is 0 Å². The van der Waals surface area contributed by atoms with Gasteiger partial charge < -0.3 is 5.11 Å². The van der Waals surface area contributed by atoms with Gasteiger partial charge in [-0.1, -0.05) is 12.8 Å². The van der Waals surface area contributed by atoms with E-state index in [-0.39, 0.29) is 16.9 Å². The predicted molar refractivity (Wildman–Crippen MR) is 90.8 cm³/mol. The summed E-state index contributed by atoms with van der Waals surface area (Å²) in [6.07, 6.45) is 4.99. The number of benzene rings is 1. The van der Waals surface area contributed by atoms with Crippen LogP contribution in [0.5, 0.6) is 0 Å². The molecule has 1 aromatic rings. The van der Waals surface area contributed by atoms with Crippen LogP contribution in [0.15, 0.2) is 23.1 Å². The van der Waals surface area contributed by atoms with E-state index in [4.69, 9.17) is 5.26 Å². The molecule has 1 aromatic carbocycles. The van der Waals surface area contributed by atoms with Crippen LogP contribution in [0, 0.1) is 24.2 Å². The standard InChI is InChI=1S/C18H24N2O3S/c1-13-11-15(9-8-14(13)12-19)24(22,23)20-10-4-6-17(20)16-5-2-3-7-18(16)21/h8-9,11,16-18,21H,2-7,10H2,1H3/t16-,17-,18-/m1/s1. The maximum atomic E-state index is 13.1. The molecule has 0 bridgehead atoms. The molecular formula is C18H24N2O3S. The van der Waals surface area contributed by atoms with E-state index in [1.54, 1.807) is 23.4 Å². The van der Waals surface area contributed by atoms with Crippen molar-refractivity contribution in [1.82, 2.24) is 4.31 Å². The molecule has 3 rings (SSSR count). The maximum absolute atomic E-state index is 13.1. The lowest BCUT2D eigenvalue weighted by Gasteiger charge is -2.36. The molecule has 0 unspecified atom stereocenters. The van der Waals surface area contributed by atoms with Crippen LogP contribution < -0.4 is 0 Å². The van der Waals surface area contributed by atoms with Crippen molar-refractivity contribution in [3.63, 3.8) is 0 Å². The minimum Gasteiger partial charge on any atom is -0.393 e. The normalized spacial score (nSPS) is 28.6. The van der Waals surface area contributed by atoms with Crippen molar-refractivity contribution in [2.45, 2.75) is 62.5 Å². The van der Waals surface area contributed by atoms with Crippen molar-refractivity contribution in [3.8, 4) is 6.07 Å². The van der Waals surface area contributed by atoms with Crippen LogP contribution in [0.3, 0.4) is 0 Å². The van der Waals surface area contributed by atoms with Crippen molar-refractivity contribution in [3.05, 3.63) is 29.3 Å². The third-order valence-corrected chi connectivity index (χ3v) is 7.37. The Morgan fingerprint density at radius 3 is 2.62 bits per heavy atom. The second-order valence-electron chi connectivity index (χ2n) is 6.93. The van der Waals surface area contributed by atoms with Gasteiger partial charge in [-0.25, -0.2) is 8.42 Å². The zero-order chi connectivity index (χ0) is 17.3. The monoisotopic (exact) mass is 348 g/mol. The fourth-order valence-electron chi connectivity index (χ4n) is 4.14. The molecule has 2 aliphatic rings. The third-order valence-electron chi connectivity index (χ3n) is 5.45. The van der Waals surface area contributed by atoms with Gasteiger partial charge in [-0.15, -0.1) is 0 Å². The molecular weight excluding hydrogens is 324 g/mol. The third kappa shape index (κ3) is 3.08. The first-order valence-corrected chi connectivity index (χ1v) is 10.1. The van der Waals surface area contributed by atoms with Crippen molar-refractivity contribution in [2.24, 2.45) is 5.92 Å². The number of rotatable bonds is 3. The van der Waals surface area contributed by atoms with E-state index >= 15 is 0 Å². The summed E-state index contributed by atoms with van der Waals surface area (Å²) in [5.41, 5.74) is 1.17. The Bertz CT molecular complexity index is 754. The number of hydrogen-bond donors (Lipinski definition) is 1. The highest BCUT2D eigenvalue weighted by Crippen LogP contribution is 2.37. The number of nitrogens with zero attached hydrogens (tertiary/aromatic N) is 2. The summed E-state index contributed by atoms with van der Waals surface area (Å²) in [4.78, 5) is 0.246. The van der Waals surface area contributed by atoms with Crippen LogP contribution in [0.25, 0.3) is 0 Å². The highest BCUT2D eigenvalue weighted by Gasteiger charge is 2.42.